The van der Waals surface area contributed by atoms with Crippen LogP contribution >= 0.6 is 0 Å². The average molecular weight is 338 g/mol. The van der Waals surface area contributed by atoms with Gasteiger partial charge in [-0.15, -0.1) is 0 Å². The SMILES string of the molecule is CC(=O)N1CCN(C(=O)/C(C#N)=C\N2c3ccccc3CC2C)CC1. The van der Waals surface area contributed by atoms with Crippen LogP contribution in [-0.2, 0) is 16.0 Å². The number of hydrogen-bond acceptors (Lipinski definition) is 4. The maximum absolute atomic E-state index is 12.7. The second kappa shape index (κ2) is 6.98. The van der Waals surface area contributed by atoms with Crippen LogP contribution in [0.25, 0.3) is 0 Å². The summed E-state index contributed by atoms with van der Waals surface area (Å²) in [5.41, 5.74) is 2.42. The Morgan fingerprint density at radius 2 is 1.80 bits per heavy atom. The van der Waals surface area contributed by atoms with Crippen LogP contribution in [0.15, 0.2) is 36.0 Å². The molecule has 2 aliphatic heterocycles. The highest BCUT2D eigenvalue weighted by molar-refractivity contribution is 5.98. The van der Waals surface area contributed by atoms with E-state index in [-0.39, 0.29) is 23.4 Å². The molecular weight excluding hydrogens is 316 g/mol. The van der Waals surface area contributed by atoms with Crippen molar-refractivity contribution in [3.05, 3.63) is 41.6 Å². The fourth-order valence-corrected chi connectivity index (χ4v) is 3.45. The molecule has 0 saturated carbocycles. The van der Waals surface area contributed by atoms with E-state index < -0.39 is 0 Å². The number of piperazine rings is 1. The molecule has 1 unspecified atom stereocenters. The first-order valence-corrected chi connectivity index (χ1v) is 8.54. The number of nitriles is 1. The Bertz CT molecular complexity index is 757. The molecule has 2 amide bonds. The molecule has 1 aromatic carbocycles. The van der Waals surface area contributed by atoms with Crippen LogP contribution in [0.1, 0.15) is 19.4 Å². The molecule has 0 N–H and O–H groups in total. The molecule has 2 aliphatic rings. The molecule has 3 rings (SSSR count). The Balaban J connectivity index is 1.77. The summed E-state index contributed by atoms with van der Waals surface area (Å²) in [6.07, 6.45) is 2.58. The molecule has 2 heterocycles. The van der Waals surface area contributed by atoms with Crippen molar-refractivity contribution < 1.29 is 9.59 Å². The third kappa shape index (κ3) is 3.36. The number of amides is 2. The molecule has 1 saturated heterocycles. The van der Waals surface area contributed by atoms with Gasteiger partial charge in [0.05, 0.1) is 0 Å². The molecule has 6 nitrogen and oxygen atoms in total. The van der Waals surface area contributed by atoms with Crippen molar-refractivity contribution in [1.29, 1.82) is 5.26 Å². The van der Waals surface area contributed by atoms with Crippen LogP contribution in [0.2, 0.25) is 0 Å². The van der Waals surface area contributed by atoms with Crippen molar-refractivity contribution >= 4 is 17.5 Å². The van der Waals surface area contributed by atoms with Crippen LogP contribution in [0, 0.1) is 11.3 Å². The van der Waals surface area contributed by atoms with Gasteiger partial charge in [-0.1, -0.05) is 18.2 Å². The molecular formula is C19H22N4O2. The zero-order valence-electron chi connectivity index (χ0n) is 14.6. The smallest absolute Gasteiger partial charge is 0.266 e. The lowest BCUT2D eigenvalue weighted by Gasteiger charge is -2.34. The van der Waals surface area contributed by atoms with Crippen LogP contribution in [0.5, 0.6) is 0 Å². The fourth-order valence-electron chi connectivity index (χ4n) is 3.45. The van der Waals surface area contributed by atoms with E-state index in [0.717, 1.165) is 12.1 Å². The summed E-state index contributed by atoms with van der Waals surface area (Å²) in [5, 5.41) is 9.50. The summed E-state index contributed by atoms with van der Waals surface area (Å²) >= 11 is 0. The number of nitrogens with zero attached hydrogens (tertiary/aromatic N) is 4. The summed E-state index contributed by atoms with van der Waals surface area (Å²) in [4.78, 5) is 29.5. The number of benzene rings is 1. The summed E-state index contributed by atoms with van der Waals surface area (Å²) in [6, 6.07) is 10.3. The maximum Gasteiger partial charge on any atom is 0.266 e. The number of carbonyl (C=O) groups is 2. The molecule has 25 heavy (non-hydrogen) atoms. The number of fused-ring (bicyclic) bond motifs is 1. The number of hydrogen-bond donors (Lipinski definition) is 0. The van der Waals surface area contributed by atoms with E-state index >= 15 is 0 Å². The molecule has 0 aliphatic carbocycles. The minimum atomic E-state index is -0.262. The van der Waals surface area contributed by atoms with Gasteiger partial charge in [0, 0.05) is 51.0 Å². The average Bonchev–Trinajstić information content (AvgIpc) is 2.94. The van der Waals surface area contributed by atoms with E-state index in [0.29, 0.717) is 26.2 Å². The topological polar surface area (TPSA) is 67.6 Å². The van der Waals surface area contributed by atoms with Gasteiger partial charge in [0.2, 0.25) is 5.91 Å². The van der Waals surface area contributed by atoms with Crippen molar-refractivity contribution in [2.24, 2.45) is 0 Å². The van der Waals surface area contributed by atoms with Gasteiger partial charge in [0.1, 0.15) is 11.6 Å². The van der Waals surface area contributed by atoms with Gasteiger partial charge < -0.3 is 14.7 Å². The highest BCUT2D eigenvalue weighted by atomic mass is 16.2. The Morgan fingerprint density at radius 3 is 2.44 bits per heavy atom. The van der Waals surface area contributed by atoms with Gasteiger partial charge in [0.25, 0.3) is 5.91 Å². The Kier molecular flexibility index (Phi) is 4.75. The molecule has 1 atom stereocenters. The van der Waals surface area contributed by atoms with Gasteiger partial charge in [-0.2, -0.15) is 5.26 Å². The van der Waals surface area contributed by atoms with Crippen LogP contribution in [-0.4, -0.2) is 53.8 Å². The summed E-state index contributed by atoms with van der Waals surface area (Å²) < 4.78 is 0. The van der Waals surface area contributed by atoms with Crippen LogP contribution in [0.3, 0.4) is 0 Å². The first kappa shape index (κ1) is 17.0. The quantitative estimate of drug-likeness (QED) is 0.606. The molecule has 0 aromatic heterocycles. The highest BCUT2D eigenvalue weighted by Crippen LogP contribution is 2.32. The second-order valence-corrected chi connectivity index (χ2v) is 6.54. The lowest BCUT2D eigenvalue weighted by Crippen LogP contribution is -2.50. The van der Waals surface area contributed by atoms with Gasteiger partial charge in [-0.25, -0.2) is 0 Å². The van der Waals surface area contributed by atoms with E-state index in [1.165, 1.54) is 12.5 Å². The second-order valence-electron chi connectivity index (χ2n) is 6.54. The number of carbonyl (C=O) groups excluding carboxylic acids is 2. The van der Waals surface area contributed by atoms with E-state index in [4.69, 9.17) is 0 Å². The summed E-state index contributed by atoms with van der Waals surface area (Å²) in [6.45, 7) is 5.57. The van der Waals surface area contributed by atoms with Gasteiger partial charge >= 0.3 is 0 Å². The maximum atomic E-state index is 12.7. The van der Waals surface area contributed by atoms with E-state index in [2.05, 4.69) is 19.1 Å². The number of para-hydroxylation sites is 1. The van der Waals surface area contributed by atoms with Crippen molar-refractivity contribution in [3.63, 3.8) is 0 Å². The first-order chi connectivity index (χ1) is 12.0. The van der Waals surface area contributed by atoms with Gasteiger partial charge in [-0.3, -0.25) is 9.59 Å². The normalized spacial score (nSPS) is 20.3. The molecule has 0 bridgehead atoms. The van der Waals surface area contributed by atoms with Crippen molar-refractivity contribution in [2.75, 3.05) is 31.1 Å². The molecule has 6 heteroatoms. The Hall–Kier alpha value is -2.81. The minimum Gasteiger partial charge on any atom is -0.343 e. The molecule has 0 spiro atoms. The molecule has 1 aromatic rings. The van der Waals surface area contributed by atoms with Gasteiger partial charge in [0.15, 0.2) is 0 Å². The predicted octanol–water partition coefficient (Wildman–Crippen LogP) is 1.54. The number of anilines is 1. The lowest BCUT2D eigenvalue weighted by molar-refractivity contribution is -0.136. The fraction of sp³-hybridized carbons (Fsp3) is 0.421. The van der Waals surface area contributed by atoms with Crippen molar-refractivity contribution in [3.8, 4) is 6.07 Å². The first-order valence-electron chi connectivity index (χ1n) is 8.54. The van der Waals surface area contributed by atoms with Crippen molar-refractivity contribution in [1.82, 2.24) is 9.80 Å². The van der Waals surface area contributed by atoms with E-state index in [9.17, 15) is 14.9 Å². The van der Waals surface area contributed by atoms with Gasteiger partial charge in [-0.05, 0) is 25.0 Å². The molecule has 1 fully saturated rings. The Labute approximate surface area is 147 Å². The summed E-state index contributed by atoms with van der Waals surface area (Å²) in [7, 11) is 0. The minimum absolute atomic E-state index is 0.0191. The summed E-state index contributed by atoms with van der Waals surface area (Å²) in [5.74, 6) is -0.243. The van der Waals surface area contributed by atoms with Crippen LogP contribution in [0.4, 0.5) is 5.69 Å². The lowest BCUT2D eigenvalue weighted by atomic mass is 10.1. The monoisotopic (exact) mass is 338 g/mol. The Morgan fingerprint density at radius 1 is 1.16 bits per heavy atom. The largest absolute Gasteiger partial charge is 0.343 e. The van der Waals surface area contributed by atoms with Crippen LogP contribution < -0.4 is 4.90 Å². The zero-order valence-corrected chi connectivity index (χ0v) is 14.6. The zero-order chi connectivity index (χ0) is 18.0. The van der Waals surface area contributed by atoms with Crippen molar-refractivity contribution in [2.45, 2.75) is 26.3 Å². The standard InChI is InChI=1S/C19H22N4O2/c1-14-11-16-5-3-4-6-18(16)23(14)13-17(12-20)19(25)22-9-7-21(8-10-22)15(2)24/h3-6,13-14H,7-11H2,1-2H3/b17-13-. The highest BCUT2D eigenvalue weighted by Gasteiger charge is 2.28. The number of rotatable bonds is 2. The van der Waals surface area contributed by atoms with E-state index in [1.807, 2.05) is 23.1 Å². The molecule has 0 radical (unpaired) electrons. The van der Waals surface area contributed by atoms with E-state index in [1.54, 1.807) is 16.0 Å². The molecule has 130 valence electrons. The predicted molar refractivity (Wildman–Crippen MR) is 94.6 cm³/mol. The third-order valence-electron chi connectivity index (χ3n) is 4.89. The third-order valence-corrected chi connectivity index (χ3v) is 4.89.